The van der Waals surface area contributed by atoms with Crippen LogP contribution >= 0.6 is 35.3 Å². The Labute approximate surface area is 168 Å². The van der Waals surface area contributed by atoms with E-state index in [1.807, 2.05) is 11.3 Å². The Morgan fingerprint density at radius 2 is 2.21 bits per heavy atom. The Morgan fingerprint density at radius 1 is 1.46 bits per heavy atom. The molecule has 1 atom stereocenters. The van der Waals surface area contributed by atoms with E-state index in [-0.39, 0.29) is 24.0 Å². The van der Waals surface area contributed by atoms with Gasteiger partial charge in [0.05, 0.1) is 6.54 Å². The van der Waals surface area contributed by atoms with Crippen molar-refractivity contribution in [2.45, 2.75) is 39.0 Å². The molecule has 0 saturated carbocycles. The number of guanidine groups is 1. The van der Waals surface area contributed by atoms with E-state index in [1.165, 1.54) is 24.1 Å². The average molecular weight is 465 g/mol. The third kappa shape index (κ3) is 7.27. The van der Waals surface area contributed by atoms with Gasteiger partial charge in [0.2, 0.25) is 0 Å². The van der Waals surface area contributed by atoms with Crippen molar-refractivity contribution in [3.8, 4) is 0 Å². The monoisotopic (exact) mass is 465 g/mol. The van der Waals surface area contributed by atoms with Gasteiger partial charge >= 0.3 is 0 Å². The van der Waals surface area contributed by atoms with Crippen LogP contribution in [0.15, 0.2) is 22.5 Å². The Morgan fingerprint density at radius 3 is 2.83 bits per heavy atom. The lowest BCUT2D eigenvalue weighted by Crippen LogP contribution is -2.40. The first-order valence-corrected chi connectivity index (χ1v) is 9.69. The van der Waals surface area contributed by atoms with Crippen LogP contribution < -0.4 is 5.32 Å². The molecule has 2 heterocycles. The number of nitrogens with zero attached hydrogens (tertiary/aromatic N) is 2. The molecule has 0 aliphatic carbocycles. The summed E-state index contributed by atoms with van der Waals surface area (Å²) in [6, 6.07) is 4.32. The van der Waals surface area contributed by atoms with Gasteiger partial charge in [-0.1, -0.05) is 13.0 Å². The number of hydrogen-bond donors (Lipinski definition) is 1. The van der Waals surface area contributed by atoms with Crippen LogP contribution in [0.2, 0.25) is 0 Å². The average Bonchev–Trinajstić information content (AvgIpc) is 3.12. The van der Waals surface area contributed by atoms with Crippen LogP contribution in [0.25, 0.3) is 0 Å². The van der Waals surface area contributed by atoms with Crippen molar-refractivity contribution in [2.24, 2.45) is 10.9 Å². The van der Waals surface area contributed by atoms with Gasteiger partial charge < -0.3 is 15.0 Å². The summed E-state index contributed by atoms with van der Waals surface area (Å²) in [4.78, 5) is 8.54. The first kappa shape index (κ1) is 21.7. The van der Waals surface area contributed by atoms with Crippen LogP contribution in [0, 0.1) is 5.92 Å². The normalized spacial score (nSPS) is 17.2. The zero-order chi connectivity index (χ0) is 16.5. The van der Waals surface area contributed by atoms with Gasteiger partial charge in [-0.25, -0.2) is 0 Å². The maximum Gasteiger partial charge on any atom is 0.193 e. The highest BCUT2D eigenvalue weighted by Crippen LogP contribution is 2.21. The zero-order valence-electron chi connectivity index (χ0n) is 15.2. The summed E-state index contributed by atoms with van der Waals surface area (Å²) in [5.41, 5.74) is 0. The maximum absolute atomic E-state index is 5.44. The third-order valence-corrected chi connectivity index (χ3v) is 5.56. The topological polar surface area (TPSA) is 36.9 Å². The number of hydrogen-bond acceptors (Lipinski definition) is 3. The quantitative estimate of drug-likeness (QED) is 0.373. The molecule has 1 aromatic rings. The molecule has 1 N–H and O–H groups in total. The summed E-state index contributed by atoms with van der Waals surface area (Å²) in [5, 5.41) is 5.57. The highest BCUT2D eigenvalue weighted by atomic mass is 127. The predicted octanol–water partition coefficient (Wildman–Crippen LogP) is 4.18. The fourth-order valence-corrected chi connectivity index (χ4v) is 3.65. The summed E-state index contributed by atoms with van der Waals surface area (Å²) < 4.78 is 5.44. The van der Waals surface area contributed by atoms with Crippen LogP contribution in [0.1, 0.15) is 43.9 Å². The molecule has 1 aliphatic heterocycles. The molecule has 1 saturated heterocycles. The number of rotatable bonds is 7. The predicted molar refractivity (Wildman–Crippen MR) is 115 cm³/mol. The molecule has 1 unspecified atom stereocenters. The minimum Gasteiger partial charge on any atom is -0.381 e. The van der Waals surface area contributed by atoms with E-state index in [2.05, 4.69) is 48.6 Å². The van der Waals surface area contributed by atoms with Gasteiger partial charge in [0.25, 0.3) is 0 Å². The van der Waals surface area contributed by atoms with Gasteiger partial charge in [0.1, 0.15) is 0 Å². The molecular weight excluding hydrogens is 433 g/mol. The van der Waals surface area contributed by atoms with Crippen molar-refractivity contribution in [2.75, 3.05) is 39.9 Å². The number of halogens is 1. The van der Waals surface area contributed by atoms with Crippen LogP contribution in [0.4, 0.5) is 0 Å². The summed E-state index contributed by atoms with van der Waals surface area (Å²) in [6.07, 6.45) is 3.64. The standard InChI is InChI=1S/C18H31N3OS.HI/c1-4-19-18(20-14-15(2)17-6-5-13-23-17)21(3)10-7-16-8-11-22-12-9-16;/h5-6,13,15-16H,4,7-12,14H2,1-3H3,(H,19,20);1H. The second-order valence-electron chi connectivity index (χ2n) is 6.38. The van der Waals surface area contributed by atoms with E-state index in [4.69, 9.17) is 9.73 Å². The number of thiophene rings is 1. The zero-order valence-corrected chi connectivity index (χ0v) is 18.3. The fraction of sp³-hybridized carbons (Fsp3) is 0.722. The molecule has 6 heteroatoms. The van der Waals surface area contributed by atoms with Crippen LogP contribution in [0.5, 0.6) is 0 Å². The largest absolute Gasteiger partial charge is 0.381 e. The van der Waals surface area contributed by atoms with Gasteiger partial charge in [0, 0.05) is 44.1 Å². The number of aliphatic imine (C=N–C) groups is 1. The Balaban J connectivity index is 0.00000288. The summed E-state index contributed by atoms with van der Waals surface area (Å²) in [5.74, 6) is 2.31. The summed E-state index contributed by atoms with van der Waals surface area (Å²) in [7, 11) is 2.15. The minimum absolute atomic E-state index is 0. The molecule has 0 amide bonds. The third-order valence-electron chi connectivity index (χ3n) is 4.45. The molecule has 1 fully saturated rings. The van der Waals surface area contributed by atoms with E-state index in [9.17, 15) is 0 Å². The summed E-state index contributed by atoms with van der Waals surface area (Å²) in [6.45, 7) is 9.05. The second-order valence-corrected chi connectivity index (χ2v) is 7.36. The van der Waals surface area contributed by atoms with Gasteiger partial charge in [0.15, 0.2) is 5.96 Å². The van der Waals surface area contributed by atoms with Crippen molar-refractivity contribution in [3.05, 3.63) is 22.4 Å². The molecule has 138 valence electrons. The minimum atomic E-state index is 0. The Bertz CT molecular complexity index is 461. The highest BCUT2D eigenvalue weighted by molar-refractivity contribution is 14.0. The van der Waals surface area contributed by atoms with Crippen molar-refractivity contribution in [1.29, 1.82) is 0 Å². The van der Waals surface area contributed by atoms with E-state index in [0.29, 0.717) is 5.92 Å². The first-order valence-electron chi connectivity index (χ1n) is 8.81. The molecule has 1 aromatic heterocycles. The van der Waals surface area contributed by atoms with E-state index in [1.54, 1.807) is 0 Å². The van der Waals surface area contributed by atoms with Crippen LogP contribution in [0.3, 0.4) is 0 Å². The molecule has 4 nitrogen and oxygen atoms in total. The highest BCUT2D eigenvalue weighted by Gasteiger charge is 2.15. The Hall–Kier alpha value is -0.340. The lowest BCUT2D eigenvalue weighted by molar-refractivity contribution is 0.0625. The molecule has 2 rings (SSSR count). The lowest BCUT2D eigenvalue weighted by atomic mass is 9.96. The second kappa shape index (κ2) is 12.1. The number of nitrogens with one attached hydrogen (secondary N) is 1. The van der Waals surface area contributed by atoms with Crippen molar-refractivity contribution in [1.82, 2.24) is 10.2 Å². The Kier molecular flexibility index (Phi) is 10.9. The molecule has 0 bridgehead atoms. The maximum atomic E-state index is 5.44. The SMILES string of the molecule is CCNC(=NCC(C)c1cccs1)N(C)CCC1CCOCC1.I. The fourth-order valence-electron chi connectivity index (χ4n) is 2.87. The lowest BCUT2D eigenvalue weighted by Gasteiger charge is -2.27. The van der Waals surface area contributed by atoms with Gasteiger partial charge in [-0.15, -0.1) is 35.3 Å². The summed E-state index contributed by atoms with van der Waals surface area (Å²) >= 11 is 1.82. The van der Waals surface area contributed by atoms with Crippen molar-refractivity contribution >= 4 is 41.3 Å². The molecule has 1 aliphatic rings. The van der Waals surface area contributed by atoms with Gasteiger partial charge in [-0.3, -0.25) is 4.99 Å². The van der Waals surface area contributed by atoms with Crippen molar-refractivity contribution in [3.63, 3.8) is 0 Å². The molecule has 24 heavy (non-hydrogen) atoms. The smallest absolute Gasteiger partial charge is 0.193 e. The molecular formula is C18H32IN3OS. The first-order chi connectivity index (χ1) is 11.2. The molecule has 0 aromatic carbocycles. The van der Waals surface area contributed by atoms with Crippen LogP contribution in [-0.4, -0.2) is 50.8 Å². The van der Waals surface area contributed by atoms with Crippen LogP contribution in [-0.2, 0) is 4.74 Å². The molecule has 0 spiro atoms. The van der Waals surface area contributed by atoms with E-state index < -0.39 is 0 Å². The van der Waals surface area contributed by atoms with Gasteiger partial charge in [-0.2, -0.15) is 0 Å². The van der Waals surface area contributed by atoms with Gasteiger partial charge in [-0.05, 0) is 43.6 Å². The van der Waals surface area contributed by atoms with E-state index >= 15 is 0 Å². The van der Waals surface area contributed by atoms with Crippen molar-refractivity contribution < 1.29 is 4.74 Å². The van der Waals surface area contributed by atoms with E-state index in [0.717, 1.165) is 44.7 Å². The molecule has 0 radical (unpaired) electrons. The number of ether oxygens (including phenoxy) is 1.